The monoisotopic (exact) mass is 138 g/mol. The van der Waals surface area contributed by atoms with Crippen molar-refractivity contribution in [3.8, 4) is 0 Å². The Morgan fingerprint density at radius 2 is 1.78 bits per heavy atom. The van der Waals surface area contributed by atoms with Crippen molar-refractivity contribution in [2.24, 2.45) is 0 Å². The first-order valence-electron chi connectivity index (χ1n) is 2.91. The molecule has 0 aromatic heterocycles. The molecule has 0 radical (unpaired) electrons. The lowest BCUT2D eigenvalue weighted by molar-refractivity contribution is 1.20. The minimum Gasteiger partial charge on any atom is -0.329 e. The van der Waals surface area contributed by atoms with Crippen molar-refractivity contribution in [2.45, 2.75) is 0 Å². The Morgan fingerprint density at radius 3 is 2.33 bits per heavy atom. The van der Waals surface area contributed by atoms with Gasteiger partial charge in [0.25, 0.3) is 0 Å². The first-order valence-corrected chi connectivity index (χ1v) is 3.91. The molecule has 0 aliphatic rings. The minimum absolute atomic E-state index is 0.963. The Morgan fingerprint density at radius 1 is 1.11 bits per heavy atom. The maximum Gasteiger partial charge on any atom is 0.101 e. The van der Waals surface area contributed by atoms with Crippen molar-refractivity contribution in [2.75, 3.05) is 5.43 Å². The third-order valence-corrected chi connectivity index (χ3v) is 1.29. The zero-order valence-corrected chi connectivity index (χ0v) is 7.39. The minimum atomic E-state index is 0.963. The van der Waals surface area contributed by atoms with Gasteiger partial charge >= 0.3 is 0 Å². The maximum absolute atomic E-state index is 3.02. The summed E-state index contributed by atoms with van der Waals surface area (Å²) in [6, 6.07) is 10.0. The molecule has 0 fully saturated rings. The lowest BCUT2D eigenvalue weighted by Crippen LogP contribution is -2.16. The summed E-state index contributed by atoms with van der Waals surface area (Å²) in [6.45, 7) is 0. The highest BCUT2D eigenvalue weighted by molar-refractivity contribution is 6.05. The van der Waals surface area contributed by atoms with Crippen LogP contribution in [0.3, 0.4) is 0 Å². The third-order valence-electron chi connectivity index (χ3n) is 1.04. The van der Waals surface area contributed by atoms with E-state index in [1.807, 2.05) is 30.3 Å². The van der Waals surface area contributed by atoms with Gasteiger partial charge in [0.05, 0.1) is 0 Å². The van der Waals surface area contributed by atoms with Gasteiger partial charge in [0.2, 0.25) is 0 Å². The van der Waals surface area contributed by atoms with E-state index in [9.17, 15) is 0 Å². The van der Waals surface area contributed by atoms with Crippen LogP contribution in [0.1, 0.15) is 0 Å². The SMILES string of the molecule is [SiH3]NNc1ccccc1. The number of hydrogen-bond acceptors (Lipinski definition) is 2. The molecule has 0 saturated heterocycles. The first kappa shape index (κ1) is 6.32. The van der Waals surface area contributed by atoms with Crippen LogP contribution in [0.5, 0.6) is 0 Å². The van der Waals surface area contributed by atoms with Crippen molar-refractivity contribution in [1.82, 2.24) is 5.09 Å². The van der Waals surface area contributed by atoms with Gasteiger partial charge in [-0.3, -0.25) is 5.09 Å². The van der Waals surface area contributed by atoms with E-state index in [0.29, 0.717) is 0 Å². The number of hydrogen-bond donors (Lipinski definition) is 2. The molecule has 9 heavy (non-hydrogen) atoms. The highest BCUT2D eigenvalue weighted by atomic mass is 28.2. The molecule has 1 aromatic rings. The Bertz CT molecular complexity index is 164. The number of hydrazine groups is 1. The second-order valence-corrected chi connectivity index (χ2v) is 2.24. The van der Waals surface area contributed by atoms with Crippen molar-refractivity contribution in [1.29, 1.82) is 0 Å². The molecule has 1 rings (SSSR count). The van der Waals surface area contributed by atoms with Gasteiger partial charge < -0.3 is 5.43 Å². The normalized spacial score (nSPS) is 9.33. The molecule has 0 aliphatic carbocycles. The predicted octanol–water partition coefficient (Wildman–Crippen LogP) is -0.117. The second-order valence-electron chi connectivity index (χ2n) is 1.74. The number of nitrogens with one attached hydrogen (secondary N) is 2. The van der Waals surface area contributed by atoms with Crippen LogP contribution in [0.25, 0.3) is 0 Å². The van der Waals surface area contributed by atoms with Crippen molar-refractivity contribution in [3.05, 3.63) is 30.3 Å². The summed E-state index contributed by atoms with van der Waals surface area (Å²) in [7, 11) is 0.963. The molecular formula is C6H10N2Si. The van der Waals surface area contributed by atoms with Crippen LogP contribution in [-0.2, 0) is 0 Å². The summed E-state index contributed by atoms with van der Waals surface area (Å²) >= 11 is 0. The van der Waals surface area contributed by atoms with Crippen LogP contribution in [-0.4, -0.2) is 10.4 Å². The molecule has 0 atom stereocenters. The molecule has 2 N–H and O–H groups in total. The van der Waals surface area contributed by atoms with Crippen LogP contribution < -0.4 is 10.5 Å². The maximum atomic E-state index is 3.02. The van der Waals surface area contributed by atoms with Crippen molar-refractivity contribution >= 4 is 16.1 Å². The summed E-state index contributed by atoms with van der Waals surface area (Å²) in [6.07, 6.45) is 0. The molecule has 48 valence electrons. The molecule has 0 heterocycles. The zero-order chi connectivity index (χ0) is 6.53. The highest BCUT2D eigenvalue weighted by Gasteiger charge is 1.80. The van der Waals surface area contributed by atoms with Gasteiger partial charge in [-0.15, -0.1) is 0 Å². The zero-order valence-electron chi connectivity index (χ0n) is 5.39. The van der Waals surface area contributed by atoms with Gasteiger partial charge in [-0.05, 0) is 12.1 Å². The lowest BCUT2D eigenvalue weighted by Gasteiger charge is -2.01. The summed E-state index contributed by atoms with van der Waals surface area (Å²) in [5.74, 6) is 0. The van der Waals surface area contributed by atoms with E-state index >= 15 is 0 Å². The largest absolute Gasteiger partial charge is 0.329 e. The van der Waals surface area contributed by atoms with Gasteiger partial charge in [0.1, 0.15) is 10.4 Å². The summed E-state index contributed by atoms with van der Waals surface area (Å²) in [4.78, 5) is 0. The van der Waals surface area contributed by atoms with Crippen LogP contribution in [0.4, 0.5) is 5.69 Å². The Balaban J connectivity index is 2.61. The highest BCUT2D eigenvalue weighted by Crippen LogP contribution is 2.01. The van der Waals surface area contributed by atoms with Crippen molar-refractivity contribution in [3.63, 3.8) is 0 Å². The number of benzene rings is 1. The topological polar surface area (TPSA) is 24.1 Å². The van der Waals surface area contributed by atoms with Gasteiger partial charge in [-0.25, -0.2) is 0 Å². The van der Waals surface area contributed by atoms with Crippen LogP contribution >= 0.6 is 0 Å². The molecule has 1 aromatic carbocycles. The fourth-order valence-corrected chi connectivity index (χ4v) is 0.954. The molecule has 0 saturated carbocycles. The average molecular weight is 138 g/mol. The molecule has 0 unspecified atom stereocenters. The number of para-hydroxylation sites is 1. The summed E-state index contributed by atoms with van der Waals surface area (Å²) in [5, 5.41) is 2.97. The smallest absolute Gasteiger partial charge is 0.101 e. The van der Waals surface area contributed by atoms with Gasteiger partial charge in [0, 0.05) is 5.69 Å². The van der Waals surface area contributed by atoms with Crippen LogP contribution in [0.2, 0.25) is 0 Å². The standard InChI is InChI=1S/C6H10N2Si/c9-8-7-6-4-2-1-3-5-6/h1-5,7-8H,9H3. The van der Waals surface area contributed by atoms with E-state index in [0.717, 1.165) is 16.1 Å². The fraction of sp³-hybridized carbons (Fsp3) is 0. The van der Waals surface area contributed by atoms with E-state index in [-0.39, 0.29) is 0 Å². The average Bonchev–Trinajstić information content (AvgIpc) is 1.91. The molecule has 2 nitrogen and oxygen atoms in total. The van der Waals surface area contributed by atoms with Gasteiger partial charge in [-0.2, -0.15) is 0 Å². The van der Waals surface area contributed by atoms with Crippen molar-refractivity contribution < 1.29 is 0 Å². The van der Waals surface area contributed by atoms with E-state index in [1.165, 1.54) is 0 Å². The Kier molecular flexibility index (Phi) is 2.29. The first-order chi connectivity index (χ1) is 4.43. The predicted molar refractivity (Wildman–Crippen MR) is 43.1 cm³/mol. The lowest BCUT2D eigenvalue weighted by atomic mass is 10.3. The van der Waals surface area contributed by atoms with Gasteiger partial charge in [0.15, 0.2) is 0 Å². The molecule has 0 bridgehead atoms. The van der Waals surface area contributed by atoms with E-state index in [1.54, 1.807) is 0 Å². The van der Waals surface area contributed by atoms with E-state index in [4.69, 9.17) is 0 Å². The van der Waals surface area contributed by atoms with Crippen LogP contribution in [0.15, 0.2) is 30.3 Å². The molecular weight excluding hydrogens is 128 g/mol. The Labute approximate surface area is 57.8 Å². The molecule has 0 spiro atoms. The molecule has 0 amide bonds. The van der Waals surface area contributed by atoms with E-state index in [2.05, 4.69) is 10.5 Å². The third kappa shape index (κ3) is 1.87. The molecule has 3 heteroatoms. The molecule has 0 aliphatic heterocycles. The van der Waals surface area contributed by atoms with Gasteiger partial charge in [-0.1, -0.05) is 18.2 Å². The Hall–Kier alpha value is -0.803. The summed E-state index contributed by atoms with van der Waals surface area (Å²) in [5.41, 5.74) is 4.14. The fourth-order valence-electron chi connectivity index (χ4n) is 0.666. The van der Waals surface area contributed by atoms with E-state index < -0.39 is 0 Å². The number of anilines is 1. The number of rotatable bonds is 2. The quantitative estimate of drug-likeness (QED) is 0.440. The van der Waals surface area contributed by atoms with Crippen LogP contribution in [0, 0.1) is 0 Å². The summed E-state index contributed by atoms with van der Waals surface area (Å²) < 4.78 is 0. The second kappa shape index (κ2) is 3.27.